The van der Waals surface area contributed by atoms with E-state index in [1.807, 2.05) is 48.5 Å². The summed E-state index contributed by atoms with van der Waals surface area (Å²) in [6, 6.07) is 19.3. The molecule has 3 aromatic rings. The average molecular weight is 575 g/mol. The first-order valence-electron chi connectivity index (χ1n) is 13.4. The second kappa shape index (κ2) is 16.2. The molecule has 2 aromatic carbocycles. The van der Waals surface area contributed by atoms with Crippen LogP contribution >= 0.6 is 0 Å². The standard InChI is InChI=1S/C31H34N4O7/c1-2-41-28(37)18-16-24(15-17-27(32)36)33-29(38)26(20-22-10-5-3-6-11-22)35-19-9-14-25(30(35)39)34-31(40)42-21-23-12-7-4-8-13-23/h3-14,16,18-19,24,26H,2,15,17,20-21H2,1H3,(H2,32,36)(H,33,38)(H,34,40). The van der Waals surface area contributed by atoms with Crippen molar-refractivity contribution >= 4 is 29.6 Å². The van der Waals surface area contributed by atoms with E-state index in [1.165, 1.54) is 35.0 Å². The van der Waals surface area contributed by atoms with Crippen LogP contribution in [-0.2, 0) is 36.9 Å². The molecule has 0 aliphatic heterocycles. The molecule has 3 rings (SSSR count). The monoisotopic (exact) mass is 574 g/mol. The highest BCUT2D eigenvalue weighted by Gasteiger charge is 2.25. The third-order valence-corrected chi connectivity index (χ3v) is 6.11. The number of esters is 1. The van der Waals surface area contributed by atoms with Gasteiger partial charge in [-0.05, 0) is 36.6 Å². The molecular weight excluding hydrogens is 540 g/mol. The third kappa shape index (κ3) is 10.1. The Kier molecular flexibility index (Phi) is 12.1. The number of ether oxygens (including phenoxy) is 2. The normalized spacial score (nSPS) is 12.2. The van der Waals surface area contributed by atoms with Crippen molar-refractivity contribution in [3.05, 3.63) is 113 Å². The largest absolute Gasteiger partial charge is 0.463 e. The number of carbonyl (C=O) groups excluding carboxylic acids is 4. The van der Waals surface area contributed by atoms with Gasteiger partial charge in [0.05, 0.1) is 6.61 Å². The van der Waals surface area contributed by atoms with Crippen molar-refractivity contribution in [2.24, 2.45) is 5.73 Å². The number of pyridine rings is 1. The Labute approximate surface area is 243 Å². The number of hydrogen-bond acceptors (Lipinski definition) is 7. The van der Waals surface area contributed by atoms with Crippen molar-refractivity contribution in [3.63, 3.8) is 0 Å². The van der Waals surface area contributed by atoms with Crippen molar-refractivity contribution in [1.29, 1.82) is 0 Å². The number of aromatic nitrogens is 1. The zero-order valence-corrected chi connectivity index (χ0v) is 23.2. The smallest absolute Gasteiger partial charge is 0.412 e. The van der Waals surface area contributed by atoms with Gasteiger partial charge in [0.2, 0.25) is 11.8 Å². The molecule has 1 aromatic heterocycles. The molecule has 0 bridgehead atoms. The third-order valence-electron chi connectivity index (χ3n) is 6.11. The number of rotatable bonds is 14. The minimum absolute atomic E-state index is 0.0126. The lowest BCUT2D eigenvalue weighted by atomic mass is 10.0. The molecule has 0 saturated carbocycles. The summed E-state index contributed by atoms with van der Waals surface area (Å²) in [7, 11) is 0. The van der Waals surface area contributed by atoms with Gasteiger partial charge in [-0.2, -0.15) is 0 Å². The van der Waals surface area contributed by atoms with Crippen molar-refractivity contribution in [2.45, 2.75) is 44.9 Å². The number of benzene rings is 2. The van der Waals surface area contributed by atoms with E-state index in [2.05, 4.69) is 10.6 Å². The summed E-state index contributed by atoms with van der Waals surface area (Å²) < 4.78 is 11.4. The Morgan fingerprint density at radius 1 is 0.929 bits per heavy atom. The number of amides is 3. The first-order chi connectivity index (χ1) is 20.3. The van der Waals surface area contributed by atoms with Crippen LogP contribution in [0.2, 0.25) is 0 Å². The van der Waals surface area contributed by atoms with E-state index in [1.54, 1.807) is 19.1 Å². The Hall–Kier alpha value is -5.19. The van der Waals surface area contributed by atoms with Crippen LogP contribution in [-0.4, -0.2) is 41.1 Å². The van der Waals surface area contributed by atoms with Crippen LogP contribution in [0.5, 0.6) is 0 Å². The lowest BCUT2D eigenvalue weighted by molar-refractivity contribution is -0.137. The van der Waals surface area contributed by atoms with Crippen LogP contribution in [0.4, 0.5) is 10.5 Å². The highest BCUT2D eigenvalue weighted by atomic mass is 16.5. The molecule has 2 atom stereocenters. The van der Waals surface area contributed by atoms with Gasteiger partial charge < -0.3 is 25.1 Å². The number of anilines is 1. The van der Waals surface area contributed by atoms with Crippen LogP contribution in [0.3, 0.4) is 0 Å². The van der Waals surface area contributed by atoms with Gasteiger partial charge in [0, 0.05) is 31.2 Å². The van der Waals surface area contributed by atoms with Gasteiger partial charge in [0.15, 0.2) is 0 Å². The Balaban J connectivity index is 1.85. The molecule has 0 spiro atoms. The Morgan fingerprint density at radius 3 is 2.24 bits per heavy atom. The Bertz CT molecular complexity index is 1440. The van der Waals surface area contributed by atoms with Crippen molar-refractivity contribution in [1.82, 2.24) is 9.88 Å². The number of hydrogen-bond donors (Lipinski definition) is 3. The van der Waals surface area contributed by atoms with Gasteiger partial charge >= 0.3 is 12.1 Å². The van der Waals surface area contributed by atoms with E-state index in [-0.39, 0.29) is 38.2 Å². The molecule has 11 heteroatoms. The molecule has 0 aliphatic rings. The topological polar surface area (TPSA) is 159 Å². The quantitative estimate of drug-likeness (QED) is 0.197. The Morgan fingerprint density at radius 2 is 1.60 bits per heavy atom. The highest BCUT2D eigenvalue weighted by molar-refractivity contribution is 5.85. The molecule has 220 valence electrons. The maximum Gasteiger partial charge on any atom is 0.412 e. The van der Waals surface area contributed by atoms with Gasteiger partial charge in [0.1, 0.15) is 18.3 Å². The number of nitrogens with one attached hydrogen (secondary N) is 2. The maximum atomic E-state index is 13.7. The number of carbonyl (C=O) groups is 4. The zero-order valence-electron chi connectivity index (χ0n) is 23.2. The zero-order chi connectivity index (χ0) is 30.3. The van der Waals surface area contributed by atoms with Gasteiger partial charge in [-0.15, -0.1) is 0 Å². The molecule has 11 nitrogen and oxygen atoms in total. The van der Waals surface area contributed by atoms with Crippen molar-refractivity contribution in [3.8, 4) is 0 Å². The molecular formula is C31H34N4O7. The molecule has 2 unspecified atom stereocenters. The molecule has 0 radical (unpaired) electrons. The fourth-order valence-electron chi connectivity index (χ4n) is 4.05. The van der Waals surface area contributed by atoms with E-state index in [9.17, 15) is 24.0 Å². The van der Waals surface area contributed by atoms with Crippen LogP contribution in [0.15, 0.2) is 95.9 Å². The first-order valence-corrected chi connectivity index (χ1v) is 13.4. The first kappa shape index (κ1) is 31.3. The number of primary amides is 1. The molecule has 0 saturated heterocycles. The molecule has 3 amide bonds. The van der Waals surface area contributed by atoms with E-state index >= 15 is 0 Å². The maximum absolute atomic E-state index is 13.7. The lowest BCUT2D eigenvalue weighted by Gasteiger charge is -2.23. The van der Waals surface area contributed by atoms with Gasteiger partial charge in [-0.1, -0.05) is 66.7 Å². The summed E-state index contributed by atoms with van der Waals surface area (Å²) in [5.74, 6) is -1.73. The van der Waals surface area contributed by atoms with Crippen LogP contribution < -0.4 is 21.9 Å². The molecule has 42 heavy (non-hydrogen) atoms. The lowest BCUT2D eigenvalue weighted by Crippen LogP contribution is -2.43. The summed E-state index contributed by atoms with van der Waals surface area (Å²) in [5.41, 5.74) is 6.16. The summed E-state index contributed by atoms with van der Waals surface area (Å²) in [5, 5.41) is 5.26. The minimum Gasteiger partial charge on any atom is -0.463 e. The van der Waals surface area contributed by atoms with Crippen molar-refractivity contribution < 1.29 is 28.7 Å². The average Bonchev–Trinajstić information content (AvgIpc) is 2.98. The van der Waals surface area contributed by atoms with Crippen LogP contribution in [0.25, 0.3) is 0 Å². The van der Waals surface area contributed by atoms with Crippen LogP contribution in [0, 0.1) is 0 Å². The van der Waals surface area contributed by atoms with E-state index in [4.69, 9.17) is 15.2 Å². The summed E-state index contributed by atoms with van der Waals surface area (Å²) in [6.07, 6.45) is 3.42. The summed E-state index contributed by atoms with van der Waals surface area (Å²) in [6.45, 7) is 1.85. The summed E-state index contributed by atoms with van der Waals surface area (Å²) in [4.78, 5) is 62.9. The summed E-state index contributed by atoms with van der Waals surface area (Å²) >= 11 is 0. The predicted molar refractivity (Wildman–Crippen MR) is 156 cm³/mol. The van der Waals surface area contributed by atoms with Gasteiger partial charge in [-0.3, -0.25) is 19.7 Å². The predicted octanol–water partition coefficient (Wildman–Crippen LogP) is 3.25. The number of nitrogens with two attached hydrogens (primary N) is 1. The SMILES string of the molecule is CCOC(=O)C=CC(CCC(N)=O)NC(=O)C(Cc1ccccc1)n1cccc(NC(=O)OCc2ccccc2)c1=O. The van der Waals surface area contributed by atoms with Crippen LogP contribution in [0.1, 0.15) is 36.9 Å². The molecule has 0 fully saturated rings. The minimum atomic E-state index is -1.05. The fraction of sp³-hybridized carbons (Fsp3) is 0.258. The second-order valence-corrected chi connectivity index (χ2v) is 9.26. The molecule has 1 heterocycles. The van der Waals surface area contributed by atoms with Gasteiger partial charge in [-0.25, -0.2) is 9.59 Å². The second-order valence-electron chi connectivity index (χ2n) is 9.26. The van der Waals surface area contributed by atoms with Gasteiger partial charge in [0.25, 0.3) is 5.56 Å². The molecule has 0 aliphatic carbocycles. The van der Waals surface area contributed by atoms with E-state index < -0.39 is 41.5 Å². The number of nitrogens with zero attached hydrogens (tertiary/aromatic N) is 1. The van der Waals surface area contributed by atoms with Crippen molar-refractivity contribution in [2.75, 3.05) is 11.9 Å². The fourth-order valence-corrected chi connectivity index (χ4v) is 4.05. The van der Waals surface area contributed by atoms with E-state index in [0.29, 0.717) is 0 Å². The van der Waals surface area contributed by atoms with E-state index in [0.717, 1.165) is 11.1 Å². The molecule has 4 N–H and O–H groups in total. The highest BCUT2D eigenvalue weighted by Crippen LogP contribution is 2.16.